The molecule has 3 heteroatoms. The number of nitrogens with zero attached hydrogens (tertiary/aromatic N) is 1. The van der Waals surface area contributed by atoms with Gasteiger partial charge in [0.05, 0.1) is 5.69 Å². The Labute approximate surface area is 118 Å². The maximum atomic E-state index is 6.18. The van der Waals surface area contributed by atoms with Gasteiger partial charge >= 0.3 is 0 Å². The summed E-state index contributed by atoms with van der Waals surface area (Å²) in [4.78, 5) is 4.09. The molecule has 1 aromatic heterocycles. The number of benzene rings is 2. The first-order chi connectivity index (χ1) is 9.78. The van der Waals surface area contributed by atoms with E-state index >= 15 is 0 Å². The highest BCUT2D eigenvalue weighted by molar-refractivity contribution is 5.95. The van der Waals surface area contributed by atoms with Crippen molar-refractivity contribution < 1.29 is 4.74 Å². The van der Waals surface area contributed by atoms with Gasteiger partial charge in [0.1, 0.15) is 5.75 Å². The average Bonchev–Trinajstić information content (AvgIpc) is 2.50. The maximum absolute atomic E-state index is 6.18. The third-order valence-electron chi connectivity index (χ3n) is 3.36. The van der Waals surface area contributed by atoms with E-state index in [1.54, 1.807) is 12.4 Å². The minimum absolute atomic E-state index is 0.645. The normalized spacial score (nSPS) is 10.7. The predicted octanol–water partition coefficient (Wildman–Crippen LogP) is 4.17. The predicted molar refractivity (Wildman–Crippen MR) is 82.0 cm³/mol. The zero-order valence-corrected chi connectivity index (χ0v) is 11.3. The highest BCUT2D eigenvalue weighted by Crippen LogP contribution is 2.33. The molecule has 0 amide bonds. The number of hydrogen-bond acceptors (Lipinski definition) is 3. The summed E-state index contributed by atoms with van der Waals surface area (Å²) in [6.07, 6.45) is 4.52. The summed E-state index contributed by atoms with van der Waals surface area (Å²) in [6.45, 7) is 2.12. The second-order valence-corrected chi connectivity index (χ2v) is 4.68. The van der Waals surface area contributed by atoms with E-state index in [1.807, 2.05) is 36.4 Å². The van der Waals surface area contributed by atoms with Gasteiger partial charge in [0.15, 0.2) is 5.75 Å². The molecule has 0 saturated heterocycles. The molecule has 0 radical (unpaired) electrons. The number of hydrogen-bond donors (Lipinski definition) is 1. The van der Waals surface area contributed by atoms with E-state index in [9.17, 15) is 0 Å². The zero-order valence-electron chi connectivity index (χ0n) is 11.3. The second-order valence-electron chi connectivity index (χ2n) is 4.68. The van der Waals surface area contributed by atoms with Crippen LogP contribution in [0.1, 0.15) is 12.5 Å². The molecule has 3 aromatic rings. The van der Waals surface area contributed by atoms with Crippen molar-refractivity contribution in [1.29, 1.82) is 0 Å². The monoisotopic (exact) mass is 264 g/mol. The van der Waals surface area contributed by atoms with Gasteiger partial charge in [0, 0.05) is 23.2 Å². The van der Waals surface area contributed by atoms with Crippen LogP contribution in [0.25, 0.3) is 10.8 Å². The summed E-state index contributed by atoms with van der Waals surface area (Å²) in [5.74, 6) is 1.49. The van der Waals surface area contributed by atoms with E-state index in [0.29, 0.717) is 11.4 Å². The molecule has 2 N–H and O–H groups in total. The Hall–Kier alpha value is -2.55. The third kappa shape index (κ3) is 2.30. The molecule has 0 bridgehead atoms. The topological polar surface area (TPSA) is 48.1 Å². The Morgan fingerprint density at radius 3 is 2.90 bits per heavy atom. The van der Waals surface area contributed by atoms with Crippen LogP contribution < -0.4 is 10.5 Å². The van der Waals surface area contributed by atoms with Gasteiger partial charge in [0.25, 0.3) is 0 Å². The highest BCUT2D eigenvalue weighted by atomic mass is 16.5. The Morgan fingerprint density at radius 1 is 1.15 bits per heavy atom. The Bertz CT molecular complexity index is 753. The van der Waals surface area contributed by atoms with E-state index in [-0.39, 0.29) is 0 Å². The summed E-state index contributed by atoms with van der Waals surface area (Å²) >= 11 is 0. The molecule has 0 unspecified atom stereocenters. The molecule has 3 nitrogen and oxygen atoms in total. The van der Waals surface area contributed by atoms with Crippen LogP contribution in [0.4, 0.5) is 5.69 Å². The maximum Gasteiger partial charge on any atom is 0.150 e. The average molecular weight is 264 g/mol. The largest absolute Gasteiger partial charge is 0.455 e. The van der Waals surface area contributed by atoms with Crippen LogP contribution in [0.15, 0.2) is 54.9 Å². The summed E-state index contributed by atoms with van der Waals surface area (Å²) in [7, 11) is 0. The molecule has 100 valence electrons. The quantitative estimate of drug-likeness (QED) is 0.722. The van der Waals surface area contributed by atoms with E-state index in [2.05, 4.69) is 18.0 Å². The Kier molecular flexibility index (Phi) is 3.25. The molecule has 2 aromatic carbocycles. The lowest BCUT2D eigenvalue weighted by atomic mass is 10.1. The molecule has 20 heavy (non-hydrogen) atoms. The summed E-state index contributed by atoms with van der Waals surface area (Å²) in [5, 5.41) is 1.98. The number of anilines is 1. The van der Waals surface area contributed by atoms with Gasteiger partial charge in [-0.05, 0) is 42.3 Å². The molecule has 0 saturated carbocycles. The van der Waals surface area contributed by atoms with Crippen LogP contribution in [0, 0.1) is 0 Å². The number of ether oxygens (including phenoxy) is 1. The summed E-state index contributed by atoms with van der Waals surface area (Å²) in [5.41, 5.74) is 8.07. The van der Waals surface area contributed by atoms with Crippen LogP contribution >= 0.6 is 0 Å². The number of fused-ring (bicyclic) bond motifs is 1. The van der Waals surface area contributed by atoms with Crippen molar-refractivity contribution in [2.45, 2.75) is 13.3 Å². The smallest absolute Gasteiger partial charge is 0.150 e. The molecule has 0 atom stereocenters. The van der Waals surface area contributed by atoms with Crippen molar-refractivity contribution in [3.63, 3.8) is 0 Å². The molecule has 0 aliphatic heterocycles. The fourth-order valence-corrected chi connectivity index (χ4v) is 2.22. The lowest BCUT2D eigenvalue weighted by Crippen LogP contribution is -1.94. The van der Waals surface area contributed by atoms with Crippen molar-refractivity contribution in [3.05, 3.63) is 60.4 Å². The van der Waals surface area contributed by atoms with Crippen molar-refractivity contribution in [2.24, 2.45) is 0 Å². The molecular weight excluding hydrogens is 248 g/mol. The first-order valence-corrected chi connectivity index (χ1v) is 6.67. The molecular formula is C17H16N2O. The second kappa shape index (κ2) is 5.21. The standard InChI is InChI=1S/C17H16N2O/c1-2-12-4-3-5-14(10-12)20-16-7-6-13-11-19-9-8-15(13)17(16)18/h3-11H,2,18H2,1H3. The molecule has 0 fully saturated rings. The lowest BCUT2D eigenvalue weighted by Gasteiger charge is -2.11. The van der Waals surface area contributed by atoms with Crippen molar-refractivity contribution in [3.8, 4) is 11.5 Å². The first kappa shape index (κ1) is 12.5. The minimum atomic E-state index is 0.645. The molecule has 0 aliphatic rings. The van der Waals surface area contributed by atoms with Crippen LogP contribution in [-0.4, -0.2) is 4.98 Å². The van der Waals surface area contributed by atoms with E-state index in [1.165, 1.54) is 5.56 Å². The SMILES string of the molecule is CCc1cccc(Oc2ccc3cnccc3c2N)c1. The molecule has 3 rings (SSSR count). The number of nitrogens with two attached hydrogens (primary N) is 1. The van der Waals surface area contributed by atoms with Crippen LogP contribution in [0.5, 0.6) is 11.5 Å². The fraction of sp³-hybridized carbons (Fsp3) is 0.118. The van der Waals surface area contributed by atoms with Gasteiger partial charge in [-0.3, -0.25) is 4.98 Å². The van der Waals surface area contributed by atoms with Gasteiger partial charge in [-0.15, -0.1) is 0 Å². The Morgan fingerprint density at radius 2 is 2.05 bits per heavy atom. The van der Waals surface area contributed by atoms with Crippen molar-refractivity contribution >= 4 is 16.5 Å². The van der Waals surface area contributed by atoms with Crippen LogP contribution in [0.2, 0.25) is 0 Å². The summed E-state index contributed by atoms with van der Waals surface area (Å²) < 4.78 is 5.91. The van der Waals surface area contributed by atoms with E-state index in [4.69, 9.17) is 10.5 Å². The number of aromatic nitrogens is 1. The van der Waals surface area contributed by atoms with Gasteiger partial charge in [-0.1, -0.05) is 19.1 Å². The minimum Gasteiger partial charge on any atom is -0.455 e. The van der Waals surface area contributed by atoms with Gasteiger partial charge in [-0.2, -0.15) is 0 Å². The number of pyridine rings is 1. The first-order valence-electron chi connectivity index (χ1n) is 6.67. The molecule has 0 aliphatic carbocycles. The fourth-order valence-electron chi connectivity index (χ4n) is 2.22. The Balaban J connectivity index is 2.00. The lowest BCUT2D eigenvalue weighted by molar-refractivity contribution is 0.485. The number of rotatable bonds is 3. The van der Waals surface area contributed by atoms with Crippen LogP contribution in [0.3, 0.4) is 0 Å². The van der Waals surface area contributed by atoms with Gasteiger partial charge < -0.3 is 10.5 Å². The third-order valence-corrected chi connectivity index (χ3v) is 3.36. The van der Waals surface area contributed by atoms with E-state index < -0.39 is 0 Å². The summed E-state index contributed by atoms with van der Waals surface area (Å²) in [6, 6.07) is 13.8. The zero-order chi connectivity index (χ0) is 13.9. The molecule has 1 heterocycles. The van der Waals surface area contributed by atoms with Gasteiger partial charge in [0.2, 0.25) is 0 Å². The van der Waals surface area contributed by atoms with Crippen LogP contribution in [-0.2, 0) is 6.42 Å². The number of nitrogen functional groups attached to an aromatic ring is 1. The van der Waals surface area contributed by atoms with Crippen molar-refractivity contribution in [1.82, 2.24) is 4.98 Å². The highest BCUT2D eigenvalue weighted by Gasteiger charge is 2.06. The number of aryl methyl sites for hydroxylation is 1. The van der Waals surface area contributed by atoms with Crippen molar-refractivity contribution in [2.75, 3.05) is 5.73 Å². The van der Waals surface area contributed by atoms with E-state index in [0.717, 1.165) is 22.9 Å². The van der Waals surface area contributed by atoms with Gasteiger partial charge in [-0.25, -0.2) is 0 Å². The molecule has 0 spiro atoms.